The quantitative estimate of drug-likeness (QED) is 0.797. The number of ether oxygens (including phenoxy) is 1. The van der Waals surface area contributed by atoms with Crippen molar-refractivity contribution in [1.82, 2.24) is 4.98 Å². The third kappa shape index (κ3) is 2.20. The van der Waals surface area contributed by atoms with E-state index in [0.717, 1.165) is 10.5 Å². The van der Waals surface area contributed by atoms with E-state index >= 15 is 0 Å². The van der Waals surface area contributed by atoms with E-state index in [9.17, 15) is 0 Å². The van der Waals surface area contributed by atoms with Gasteiger partial charge in [-0.25, -0.2) is 4.98 Å². The number of hydrogen-bond acceptors (Lipinski definition) is 5. The zero-order valence-corrected chi connectivity index (χ0v) is 13.0. The highest BCUT2D eigenvalue weighted by Crippen LogP contribution is 2.43. The first kappa shape index (κ1) is 13.4. The second-order valence-electron chi connectivity index (χ2n) is 6.30. The van der Waals surface area contributed by atoms with Crippen molar-refractivity contribution in [3.63, 3.8) is 0 Å². The molecule has 1 aromatic heterocycles. The van der Waals surface area contributed by atoms with Gasteiger partial charge in [0, 0.05) is 5.92 Å². The standard InChI is InChI=1S/C13H20BNO3S/c1-12(2)13(3,4)18-14(17-12)10-9(8-6-7-8)15-11(16-5)19-10/h8H,6-7H2,1-5H3. The summed E-state index contributed by atoms with van der Waals surface area (Å²) in [6.07, 6.45) is 2.42. The van der Waals surface area contributed by atoms with E-state index < -0.39 is 0 Å². The Balaban J connectivity index is 1.93. The molecule has 2 fully saturated rings. The van der Waals surface area contributed by atoms with Crippen molar-refractivity contribution in [3.05, 3.63) is 5.69 Å². The summed E-state index contributed by atoms with van der Waals surface area (Å²) in [5.41, 5.74) is 0.492. The lowest BCUT2D eigenvalue weighted by molar-refractivity contribution is 0.00578. The third-order valence-electron chi connectivity index (χ3n) is 4.27. The van der Waals surface area contributed by atoms with Crippen molar-refractivity contribution in [3.8, 4) is 5.19 Å². The molecule has 1 aliphatic heterocycles. The van der Waals surface area contributed by atoms with E-state index in [1.165, 1.54) is 12.8 Å². The normalized spacial score (nSPS) is 24.8. The molecular formula is C13H20BNO3S. The Kier molecular flexibility index (Phi) is 2.96. The molecular weight excluding hydrogens is 261 g/mol. The number of methoxy groups -OCH3 is 1. The van der Waals surface area contributed by atoms with Crippen molar-refractivity contribution >= 4 is 23.2 Å². The molecule has 2 aliphatic rings. The highest BCUT2D eigenvalue weighted by atomic mass is 32.1. The van der Waals surface area contributed by atoms with Crippen LogP contribution in [0.1, 0.15) is 52.1 Å². The molecule has 1 aromatic rings. The van der Waals surface area contributed by atoms with Crippen LogP contribution in [0.25, 0.3) is 0 Å². The van der Waals surface area contributed by atoms with Crippen LogP contribution < -0.4 is 9.51 Å². The Morgan fingerprint density at radius 3 is 2.26 bits per heavy atom. The van der Waals surface area contributed by atoms with Gasteiger partial charge in [-0.1, -0.05) is 11.3 Å². The topological polar surface area (TPSA) is 40.6 Å². The molecule has 0 bridgehead atoms. The van der Waals surface area contributed by atoms with E-state index in [2.05, 4.69) is 32.7 Å². The maximum atomic E-state index is 6.12. The lowest BCUT2D eigenvalue weighted by Gasteiger charge is -2.32. The third-order valence-corrected chi connectivity index (χ3v) is 5.32. The number of aromatic nitrogens is 1. The highest BCUT2D eigenvalue weighted by Gasteiger charge is 2.53. The number of rotatable bonds is 3. The molecule has 0 amide bonds. The molecule has 3 rings (SSSR count). The number of hydrogen-bond donors (Lipinski definition) is 0. The Labute approximate surface area is 118 Å². The van der Waals surface area contributed by atoms with Gasteiger partial charge in [0.2, 0.25) is 0 Å². The van der Waals surface area contributed by atoms with Gasteiger partial charge in [-0.05, 0) is 40.5 Å². The van der Waals surface area contributed by atoms with Crippen LogP contribution in [0.3, 0.4) is 0 Å². The van der Waals surface area contributed by atoms with Crippen LogP contribution in [-0.4, -0.2) is 30.4 Å². The largest absolute Gasteiger partial charge is 0.507 e. The molecule has 0 radical (unpaired) electrons. The molecule has 1 saturated heterocycles. The molecule has 2 heterocycles. The summed E-state index contributed by atoms with van der Waals surface area (Å²) >= 11 is 1.54. The van der Waals surface area contributed by atoms with E-state index in [0.29, 0.717) is 11.1 Å². The molecule has 0 spiro atoms. The van der Waals surface area contributed by atoms with Gasteiger partial charge in [0.15, 0.2) is 0 Å². The summed E-state index contributed by atoms with van der Waals surface area (Å²) in [6, 6.07) is 0. The monoisotopic (exact) mass is 281 g/mol. The van der Waals surface area contributed by atoms with Crippen molar-refractivity contribution in [2.45, 2.75) is 57.7 Å². The van der Waals surface area contributed by atoms with Crippen molar-refractivity contribution in [1.29, 1.82) is 0 Å². The molecule has 0 N–H and O–H groups in total. The van der Waals surface area contributed by atoms with Crippen LogP contribution in [0, 0.1) is 0 Å². The first-order valence-electron chi connectivity index (χ1n) is 6.74. The van der Waals surface area contributed by atoms with Gasteiger partial charge < -0.3 is 14.0 Å². The summed E-state index contributed by atoms with van der Waals surface area (Å²) in [7, 11) is 1.34. The maximum absolute atomic E-state index is 6.12. The SMILES string of the molecule is COc1nc(C2CC2)c(B2OC(C)(C)C(C)(C)O2)s1. The minimum atomic E-state index is -0.318. The van der Waals surface area contributed by atoms with Gasteiger partial charge in [0.25, 0.3) is 5.19 Å². The van der Waals surface area contributed by atoms with Gasteiger partial charge in [-0.2, -0.15) is 0 Å². The molecule has 1 saturated carbocycles. The van der Waals surface area contributed by atoms with Crippen molar-refractivity contribution < 1.29 is 14.0 Å². The van der Waals surface area contributed by atoms with Gasteiger partial charge in [0.1, 0.15) is 0 Å². The summed E-state index contributed by atoms with van der Waals surface area (Å²) in [4.78, 5) is 4.57. The van der Waals surface area contributed by atoms with E-state index in [-0.39, 0.29) is 18.3 Å². The molecule has 19 heavy (non-hydrogen) atoms. The fourth-order valence-corrected chi connectivity index (χ4v) is 3.10. The fraction of sp³-hybridized carbons (Fsp3) is 0.769. The highest BCUT2D eigenvalue weighted by molar-refractivity contribution is 7.23. The molecule has 1 aliphatic carbocycles. The van der Waals surface area contributed by atoms with Gasteiger partial charge in [-0.15, -0.1) is 0 Å². The minimum Gasteiger partial charge on any atom is -0.473 e. The van der Waals surface area contributed by atoms with Crippen LogP contribution in [0.2, 0.25) is 0 Å². The average Bonchev–Trinajstić information content (AvgIpc) is 3.01. The average molecular weight is 281 g/mol. The van der Waals surface area contributed by atoms with Crippen molar-refractivity contribution in [2.75, 3.05) is 7.11 Å². The second kappa shape index (κ2) is 4.20. The first-order chi connectivity index (χ1) is 8.84. The zero-order valence-electron chi connectivity index (χ0n) is 12.1. The van der Waals surface area contributed by atoms with E-state index in [1.54, 1.807) is 18.4 Å². The number of nitrogens with zero attached hydrogens (tertiary/aromatic N) is 1. The van der Waals surface area contributed by atoms with Crippen LogP contribution in [0.15, 0.2) is 0 Å². The van der Waals surface area contributed by atoms with Crippen LogP contribution in [-0.2, 0) is 9.31 Å². The zero-order chi connectivity index (χ0) is 13.8. The number of thiazole rings is 1. The molecule has 0 atom stereocenters. The summed E-state index contributed by atoms with van der Waals surface area (Å²) in [5, 5.41) is 0.701. The Hall–Kier alpha value is -0.585. The van der Waals surface area contributed by atoms with Crippen LogP contribution in [0.4, 0.5) is 0 Å². The Morgan fingerprint density at radius 1 is 1.21 bits per heavy atom. The summed E-state index contributed by atoms with van der Waals surface area (Å²) in [5.74, 6) is 0.564. The first-order valence-corrected chi connectivity index (χ1v) is 7.56. The maximum Gasteiger partial charge on any atom is 0.507 e. The smallest absolute Gasteiger partial charge is 0.473 e. The lowest BCUT2D eigenvalue weighted by atomic mass is 9.85. The Bertz CT molecular complexity index is 480. The second-order valence-corrected chi connectivity index (χ2v) is 7.29. The predicted octanol–water partition coefficient (Wildman–Crippen LogP) is 2.33. The summed E-state index contributed by atoms with van der Waals surface area (Å²) < 4.78 is 18.6. The summed E-state index contributed by atoms with van der Waals surface area (Å²) in [6.45, 7) is 8.29. The van der Waals surface area contributed by atoms with E-state index in [1.807, 2.05) is 0 Å². The molecule has 0 aromatic carbocycles. The molecule has 0 unspecified atom stereocenters. The van der Waals surface area contributed by atoms with Crippen LogP contribution in [0.5, 0.6) is 5.19 Å². The molecule has 4 nitrogen and oxygen atoms in total. The lowest BCUT2D eigenvalue weighted by Crippen LogP contribution is -2.41. The molecule has 104 valence electrons. The fourth-order valence-electron chi connectivity index (χ4n) is 2.18. The minimum absolute atomic E-state index is 0.310. The predicted molar refractivity (Wildman–Crippen MR) is 76.4 cm³/mol. The van der Waals surface area contributed by atoms with Gasteiger partial charge in [-0.3, -0.25) is 0 Å². The van der Waals surface area contributed by atoms with Gasteiger partial charge in [0.05, 0.1) is 28.8 Å². The van der Waals surface area contributed by atoms with Crippen LogP contribution >= 0.6 is 11.3 Å². The van der Waals surface area contributed by atoms with Crippen molar-refractivity contribution in [2.24, 2.45) is 0 Å². The van der Waals surface area contributed by atoms with E-state index in [4.69, 9.17) is 14.0 Å². The van der Waals surface area contributed by atoms with Gasteiger partial charge >= 0.3 is 7.12 Å². The molecule has 6 heteroatoms. The Morgan fingerprint density at radius 2 is 1.79 bits per heavy atom.